The number of amides is 1. The van der Waals surface area contributed by atoms with Crippen LogP contribution in [0.25, 0.3) is 28.0 Å². The van der Waals surface area contributed by atoms with Crippen molar-refractivity contribution in [1.82, 2.24) is 4.57 Å². The number of fused-ring (bicyclic) bond motifs is 1. The molecular formula is C28H23ClN2O3. The first-order valence-corrected chi connectivity index (χ1v) is 11.3. The second-order valence-electron chi connectivity index (χ2n) is 7.93. The van der Waals surface area contributed by atoms with E-state index in [0.29, 0.717) is 27.1 Å². The Morgan fingerprint density at radius 3 is 2.44 bits per heavy atom. The number of primary amides is 1. The minimum absolute atomic E-state index is 0.136. The molecular weight excluding hydrogens is 448 g/mol. The summed E-state index contributed by atoms with van der Waals surface area (Å²) in [6, 6.07) is 22.1. The molecule has 0 spiro atoms. The largest absolute Gasteiger partial charge is 0.366 e. The van der Waals surface area contributed by atoms with Crippen LogP contribution in [0.1, 0.15) is 35.0 Å². The summed E-state index contributed by atoms with van der Waals surface area (Å²) in [5.41, 5.74) is 8.40. The number of hydrogen-bond acceptors (Lipinski definition) is 3. The van der Waals surface area contributed by atoms with Gasteiger partial charge in [0.05, 0.1) is 12.2 Å². The molecule has 0 aliphatic carbocycles. The van der Waals surface area contributed by atoms with Crippen LogP contribution >= 0.6 is 11.6 Å². The molecule has 5 nitrogen and oxygen atoms in total. The van der Waals surface area contributed by atoms with E-state index in [9.17, 15) is 14.4 Å². The van der Waals surface area contributed by atoms with E-state index in [-0.39, 0.29) is 24.3 Å². The number of carbonyl (C=O) groups excluding carboxylic acids is 2. The third-order valence-electron chi connectivity index (χ3n) is 5.61. The smallest absolute Gasteiger partial charge is 0.259 e. The van der Waals surface area contributed by atoms with Gasteiger partial charge in [-0.05, 0) is 52.4 Å². The van der Waals surface area contributed by atoms with E-state index in [2.05, 4.69) is 0 Å². The summed E-state index contributed by atoms with van der Waals surface area (Å²) in [7, 11) is 0. The predicted molar refractivity (Wildman–Crippen MR) is 137 cm³/mol. The molecule has 0 saturated carbocycles. The lowest BCUT2D eigenvalue weighted by molar-refractivity contribution is -0.113. The van der Waals surface area contributed by atoms with Crippen molar-refractivity contribution in [2.24, 2.45) is 5.73 Å². The molecule has 1 heterocycles. The average Bonchev–Trinajstić information content (AvgIpc) is 2.84. The van der Waals surface area contributed by atoms with Gasteiger partial charge < -0.3 is 5.73 Å². The molecule has 0 atom stereocenters. The Hall–Kier alpha value is -3.96. The van der Waals surface area contributed by atoms with Gasteiger partial charge in [-0.25, -0.2) is 0 Å². The van der Waals surface area contributed by atoms with Crippen LogP contribution in [0, 0.1) is 0 Å². The Bertz CT molecular complexity index is 1490. The third kappa shape index (κ3) is 4.70. The van der Waals surface area contributed by atoms with Crippen molar-refractivity contribution < 1.29 is 9.59 Å². The summed E-state index contributed by atoms with van der Waals surface area (Å²) in [4.78, 5) is 38.1. The monoisotopic (exact) mass is 470 g/mol. The average molecular weight is 471 g/mol. The maximum absolute atomic E-state index is 13.7. The summed E-state index contributed by atoms with van der Waals surface area (Å²) in [6.07, 6.45) is 3.14. The van der Waals surface area contributed by atoms with Gasteiger partial charge in [-0.2, -0.15) is 0 Å². The van der Waals surface area contributed by atoms with Gasteiger partial charge in [0.2, 0.25) is 5.91 Å². The predicted octanol–water partition coefficient (Wildman–Crippen LogP) is 5.46. The zero-order valence-corrected chi connectivity index (χ0v) is 19.4. The number of nitrogens with zero attached hydrogens (tertiary/aromatic N) is 1. The Morgan fingerprint density at radius 2 is 1.74 bits per heavy atom. The minimum atomic E-state index is -0.543. The number of Topliss-reactive ketones (excluding diaryl/α,β-unsaturated/α-hetero) is 1. The number of ketones is 1. The second kappa shape index (κ2) is 9.89. The van der Waals surface area contributed by atoms with E-state index in [1.165, 1.54) is 6.08 Å². The zero-order valence-electron chi connectivity index (χ0n) is 18.6. The summed E-state index contributed by atoms with van der Waals surface area (Å²) in [6.45, 7) is 1.97. The first-order chi connectivity index (χ1) is 16.4. The molecule has 0 fully saturated rings. The van der Waals surface area contributed by atoms with Crippen LogP contribution in [0.3, 0.4) is 0 Å². The molecule has 0 radical (unpaired) electrons. The first-order valence-electron chi connectivity index (χ1n) is 10.9. The van der Waals surface area contributed by atoms with Crippen LogP contribution in [0.5, 0.6) is 0 Å². The fourth-order valence-corrected chi connectivity index (χ4v) is 4.25. The van der Waals surface area contributed by atoms with Crippen molar-refractivity contribution in [1.29, 1.82) is 0 Å². The van der Waals surface area contributed by atoms with E-state index in [0.717, 1.165) is 16.7 Å². The lowest BCUT2D eigenvalue weighted by atomic mass is 9.94. The number of benzene rings is 3. The number of nitrogens with two attached hydrogens (primary N) is 1. The molecule has 4 aromatic rings. The molecule has 34 heavy (non-hydrogen) atoms. The number of aromatic nitrogens is 1. The molecule has 2 N–H and O–H groups in total. The normalized spacial score (nSPS) is 11.2. The van der Waals surface area contributed by atoms with Gasteiger partial charge in [0.15, 0.2) is 5.78 Å². The Balaban J connectivity index is 2.01. The van der Waals surface area contributed by atoms with Crippen molar-refractivity contribution in [3.63, 3.8) is 0 Å². The highest BCUT2D eigenvalue weighted by Crippen LogP contribution is 2.33. The van der Waals surface area contributed by atoms with Crippen molar-refractivity contribution >= 4 is 40.1 Å². The van der Waals surface area contributed by atoms with Crippen LogP contribution in [0.2, 0.25) is 5.02 Å². The third-order valence-corrected chi connectivity index (χ3v) is 5.85. The van der Waals surface area contributed by atoms with E-state index < -0.39 is 5.91 Å². The van der Waals surface area contributed by atoms with Crippen molar-refractivity contribution in [2.75, 3.05) is 0 Å². The van der Waals surface area contributed by atoms with E-state index >= 15 is 0 Å². The summed E-state index contributed by atoms with van der Waals surface area (Å²) in [5.74, 6) is -0.680. The van der Waals surface area contributed by atoms with Crippen LogP contribution in [-0.2, 0) is 11.3 Å². The Morgan fingerprint density at radius 1 is 0.971 bits per heavy atom. The fraction of sp³-hybridized carbons (Fsp3) is 0.107. The van der Waals surface area contributed by atoms with Crippen LogP contribution < -0.4 is 11.3 Å². The Kier molecular flexibility index (Phi) is 6.75. The van der Waals surface area contributed by atoms with Gasteiger partial charge >= 0.3 is 0 Å². The zero-order chi connectivity index (χ0) is 24.2. The van der Waals surface area contributed by atoms with E-state index in [1.54, 1.807) is 35.8 Å². The lowest BCUT2D eigenvalue weighted by Gasteiger charge is -2.19. The summed E-state index contributed by atoms with van der Waals surface area (Å²) < 4.78 is 1.54. The van der Waals surface area contributed by atoms with Crippen LogP contribution in [0.4, 0.5) is 0 Å². The molecule has 0 bridgehead atoms. The molecule has 0 unspecified atom stereocenters. The van der Waals surface area contributed by atoms with Gasteiger partial charge in [0, 0.05) is 28.5 Å². The van der Waals surface area contributed by atoms with E-state index in [1.807, 2.05) is 54.6 Å². The standard InChI is InChI=1S/C28H23ClN2O3/c1-2-24(32)27-26(20-9-4-3-5-10-20)23-16-21(29)12-13-22(23)28(34)31(27)17-19-8-6-7-18(15-19)11-14-25(30)33/h3-16H,2,17H2,1H3,(H2,30,33)/b14-11+. The van der Waals surface area contributed by atoms with Gasteiger partial charge in [-0.15, -0.1) is 0 Å². The molecule has 1 aromatic heterocycles. The molecule has 0 aliphatic rings. The quantitative estimate of drug-likeness (QED) is 0.287. The molecule has 1 amide bonds. The highest BCUT2D eigenvalue weighted by atomic mass is 35.5. The molecule has 170 valence electrons. The second-order valence-corrected chi connectivity index (χ2v) is 8.36. The highest BCUT2D eigenvalue weighted by Gasteiger charge is 2.22. The maximum Gasteiger partial charge on any atom is 0.259 e. The van der Waals surface area contributed by atoms with Gasteiger partial charge in [-0.3, -0.25) is 19.0 Å². The maximum atomic E-state index is 13.7. The molecule has 0 aliphatic heterocycles. The molecule has 6 heteroatoms. The fourth-order valence-electron chi connectivity index (χ4n) is 4.08. The first kappa shape index (κ1) is 23.2. The summed E-state index contributed by atoms with van der Waals surface area (Å²) in [5, 5.41) is 1.63. The number of halogens is 1. The minimum Gasteiger partial charge on any atom is -0.366 e. The topological polar surface area (TPSA) is 82.2 Å². The molecule has 4 rings (SSSR count). The highest BCUT2D eigenvalue weighted by molar-refractivity contribution is 6.31. The number of rotatable bonds is 7. The van der Waals surface area contributed by atoms with Gasteiger partial charge in [0.1, 0.15) is 0 Å². The van der Waals surface area contributed by atoms with Gasteiger partial charge in [-0.1, -0.05) is 67.1 Å². The van der Waals surface area contributed by atoms with Crippen molar-refractivity contribution in [2.45, 2.75) is 19.9 Å². The van der Waals surface area contributed by atoms with Gasteiger partial charge in [0.25, 0.3) is 5.56 Å². The number of hydrogen-bond donors (Lipinski definition) is 1. The van der Waals surface area contributed by atoms with Crippen molar-refractivity contribution in [3.8, 4) is 11.1 Å². The molecule has 3 aromatic carbocycles. The van der Waals surface area contributed by atoms with E-state index in [4.69, 9.17) is 17.3 Å². The SMILES string of the molecule is CCC(=O)c1c(-c2ccccc2)c2cc(Cl)ccc2c(=O)n1Cc1cccc(/C=C/C(N)=O)c1. The lowest BCUT2D eigenvalue weighted by Crippen LogP contribution is -2.28. The molecule has 0 saturated heterocycles. The van der Waals surface area contributed by atoms with Crippen LogP contribution in [-0.4, -0.2) is 16.3 Å². The number of carbonyl (C=O) groups is 2. The number of pyridine rings is 1. The summed E-state index contributed by atoms with van der Waals surface area (Å²) >= 11 is 6.30. The van der Waals surface area contributed by atoms with Crippen molar-refractivity contribution in [3.05, 3.63) is 111 Å². The van der Waals surface area contributed by atoms with Crippen LogP contribution in [0.15, 0.2) is 83.7 Å². The Labute approximate surface area is 202 Å².